The van der Waals surface area contributed by atoms with Gasteiger partial charge in [-0.3, -0.25) is 0 Å². The summed E-state index contributed by atoms with van der Waals surface area (Å²) in [4.78, 5) is 24.3. The van der Waals surface area contributed by atoms with Crippen molar-refractivity contribution in [3.63, 3.8) is 0 Å². The zero-order valence-electron chi connectivity index (χ0n) is 17.1. The molecule has 0 atom stereocenters. The maximum absolute atomic E-state index is 12.6. The van der Waals surface area contributed by atoms with Crippen molar-refractivity contribution in [2.75, 3.05) is 13.2 Å². The van der Waals surface area contributed by atoms with E-state index in [1.165, 1.54) is 6.20 Å². The molecule has 1 aromatic heterocycles. The fourth-order valence-electron chi connectivity index (χ4n) is 2.99. The van der Waals surface area contributed by atoms with E-state index in [0.29, 0.717) is 5.56 Å². The number of para-hydroxylation sites is 1. The van der Waals surface area contributed by atoms with Crippen molar-refractivity contribution >= 4 is 12.1 Å². The number of benzene rings is 2. The third kappa shape index (κ3) is 5.47. The first-order chi connectivity index (χ1) is 14.6. The van der Waals surface area contributed by atoms with Crippen molar-refractivity contribution in [1.82, 2.24) is 15.1 Å². The Balaban J connectivity index is 1.50. The van der Waals surface area contributed by atoms with E-state index in [2.05, 4.69) is 10.4 Å². The molecule has 0 unspecified atom stereocenters. The first kappa shape index (κ1) is 21.1. The van der Waals surface area contributed by atoms with E-state index >= 15 is 0 Å². The molecule has 30 heavy (non-hydrogen) atoms. The fourth-order valence-corrected chi connectivity index (χ4v) is 2.99. The number of aromatic nitrogens is 2. The number of nitrogens with one attached hydrogen (secondary N) is 1. The predicted molar refractivity (Wildman–Crippen MR) is 113 cm³/mol. The van der Waals surface area contributed by atoms with Crippen LogP contribution in [0.2, 0.25) is 0 Å². The van der Waals surface area contributed by atoms with Gasteiger partial charge in [0.25, 0.3) is 0 Å². The highest BCUT2D eigenvalue weighted by Crippen LogP contribution is 2.23. The molecule has 1 heterocycles. The van der Waals surface area contributed by atoms with Crippen LogP contribution in [-0.2, 0) is 16.1 Å². The minimum absolute atomic E-state index is 0.0350. The standard InChI is InChI=1S/C23H25N3O4/c1-17(2)21-20(15-25-26(21)19-11-7-4-8-12-19)22(27)29-14-13-24-23(28)30-16-18-9-5-3-6-10-18/h3-12,15,17H,13-14,16H2,1-2H3,(H,24,28). The molecule has 2 aromatic carbocycles. The van der Waals surface area contributed by atoms with E-state index in [1.807, 2.05) is 74.5 Å². The molecule has 0 aliphatic rings. The van der Waals surface area contributed by atoms with E-state index in [0.717, 1.165) is 16.9 Å². The minimum atomic E-state index is -0.560. The molecule has 0 aliphatic carbocycles. The Morgan fingerprint density at radius 3 is 2.33 bits per heavy atom. The number of esters is 1. The van der Waals surface area contributed by atoms with Crippen LogP contribution in [0.4, 0.5) is 4.79 Å². The van der Waals surface area contributed by atoms with Crippen LogP contribution in [0.5, 0.6) is 0 Å². The third-order valence-corrected chi connectivity index (χ3v) is 4.39. The van der Waals surface area contributed by atoms with E-state index in [9.17, 15) is 9.59 Å². The maximum Gasteiger partial charge on any atom is 0.407 e. The van der Waals surface area contributed by atoms with Crippen molar-refractivity contribution < 1.29 is 19.1 Å². The summed E-state index contributed by atoms with van der Waals surface area (Å²) in [5, 5.41) is 6.93. The van der Waals surface area contributed by atoms with Crippen molar-refractivity contribution in [3.8, 4) is 5.69 Å². The number of carbonyl (C=O) groups excluding carboxylic acids is 2. The van der Waals surface area contributed by atoms with Crippen LogP contribution >= 0.6 is 0 Å². The fraction of sp³-hybridized carbons (Fsp3) is 0.261. The quantitative estimate of drug-likeness (QED) is 0.449. The summed E-state index contributed by atoms with van der Waals surface area (Å²) in [6.07, 6.45) is 0.960. The van der Waals surface area contributed by atoms with Gasteiger partial charge in [0.05, 0.1) is 24.1 Å². The highest BCUT2D eigenvalue weighted by Gasteiger charge is 2.22. The summed E-state index contributed by atoms with van der Waals surface area (Å²) < 4.78 is 12.2. The van der Waals surface area contributed by atoms with Gasteiger partial charge in [0.15, 0.2) is 0 Å². The Labute approximate surface area is 175 Å². The Morgan fingerprint density at radius 1 is 1.00 bits per heavy atom. The zero-order valence-corrected chi connectivity index (χ0v) is 17.1. The average molecular weight is 407 g/mol. The van der Waals surface area contributed by atoms with Crippen LogP contribution in [-0.4, -0.2) is 35.0 Å². The topological polar surface area (TPSA) is 82.4 Å². The van der Waals surface area contributed by atoms with Gasteiger partial charge >= 0.3 is 12.1 Å². The molecule has 1 N–H and O–H groups in total. The van der Waals surface area contributed by atoms with Crippen molar-refractivity contribution in [1.29, 1.82) is 0 Å². The molecule has 0 saturated carbocycles. The number of rotatable bonds is 8. The van der Waals surface area contributed by atoms with Gasteiger partial charge in [-0.05, 0) is 23.6 Å². The molecule has 0 saturated heterocycles. The first-order valence-electron chi connectivity index (χ1n) is 9.81. The Bertz CT molecular complexity index is 969. The lowest BCUT2D eigenvalue weighted by Gasteiger charge is -2.13. The van der Waals surface area contributed by atoms with Crippen LogP contribution in [0.25, 0.3) is 5.69 Å². The van der Waals surface area contributed by atoms with Gasteiger partial charge in [0.1, 0.15) is 18.8 Å². The monoisotopic (exact) mass is 407 g/mol. The summed E-state index contributed by atoms with van der Waals surface area (Å²) >= 11 is 0. The zero-order chi connectivity index (χ0) is 21.3. The molecular formula is C23H25N3O4. The average Bonchev–Trinajstić information content (AvgIpc) is 3.22. The van der Waals surface area contributed by atoms with Gasteiger partial charge < -0.3 is 14.8 Å². The molecule has 0 radical (unpaired) electrons. The first-order valence-corrected chi connectivity index (χ1v) is 9.81. The highest BCUT2D eigenvalue weighted by molar-refractivity contribution is 5.90. The van der Waals surface area contributed by atoms with Gasteiger partial charge in [-0.15, -0.1) is 0 Å². The van der Waals surface area contributed by atoms with Gasteiger partial charge in [-0.25, -0.2) is 14.3 Å². The summed E-state index contributed by atoms with van der Waals surface area (Å²) in [7, 11) is 0. The van der Waals surface area contributed by atoms with Gasteiger partial charge in [0, 0.05) is 0 Å². The summed E-state index contributed by atoms with van der Waals surface area (Å²) in [5.74, 6) is -0.401. The maximum atomic E-state index is 12.6. The predicted octanol–water partition coefficient (Wildman–Crippen LogP) is 4.08. The Hall–Kier alpha value is -3.61. The number of amides is 1. The number of nitrogens with zero attached hydrogens (tertiary/aromatic N) is 2. The normalized spacial score (nSPS) is 10.6. The second-order valence-electron chi connectivity index (χ2n) is 6.97. The number of carbonyl (C=O) groups is 2. The Kier molecular flexibility index (Phi) is 7.21. The van der Waals surface area contributed by atoms with Crippen LogP contribution in [0.3, 0.4) is 0 Å². The van der Waals surface area contributed by atoms with Gasteiger partial charge in [-0.1, -0.05) is 62.4 Å². The minimum Gasteiger partial charge on any atom is -0.460 e. The van der Waals surface area contributed by atoms with Crippen molar-refractivity contribution in [2.24, 2.45) is 0 Å². The lowest BCUT2D eigenvalue weighted by atomic mass is 10.1. The van der Waals surface area contributed by atoms with E-state index in [4.69, 9.17) is 9.47 Å². The molecule has 0 fully saturated rings. The smallest absolute Gasteiger partial charge is 0.407 e. The second-order valence-corrected chi connectivity index (χ2v) is 6.97. The van der Waals surface area contributed by atoms with Crippen LogP contribution in [0.15, 0.2) is 66.9 Å². The largest absolute Gasteiger partial charge is 0.460 e. The molecule has 156 valence electrons. The molecule has 7 nitrogen and oxygen atoms in total. The van der Waals surface area contributed by atoms with Crippen LogP contribution in [0.1, 0.15) is 41.4 Å². The molecule has 1 amide bonds. The molecule has 0 spiro atoms. The number of hydrogen-bond acceptors (Lipinski definition) is 5. The molecule has 3 aromatic rings. The number of hydrogen-bond donors (Lipinski definition) is 1. The lowest BCUT2D eigenvalue weighted by molar-refractivity contribution is 0.0502. The molecule has 3 rings (SSSR count). The van der Waals surface area contributed by atoms with Crippen molar-refractivity contribution in [3.05, 3.63) is 83.7 Å². The molecule has 0 bridgehead atoms. The lowest BCUT2D eigenvalue weighted by Crippen LogP contribution is -2.28. The number of alkyl carbamates (subject to hydrolysis) is 1. The van der Waals surface area contributed by atoms with Crippen LogP contribution in [0, 0.1) is 0 Å². The molecule has 0 aliphatic heterocycles. The molecule has 7 heteroatoms. The van der Waals surface area contributed by atoms with E-state index in [1.54, 1.807) is 4.68 Å². The van der Waals surface area contributed by atoms with Gasteiger partial charge in [-0.2, -0.15) is 5.10 Å². The SMILES string of the molecule is CC(C)c1c(C(=O)OCCNC(=O)OCc2ccccc2)cnn1-c1ccccc1. The third-order valence-electron chi connectivity index (χ3n) is 4.39. The van der Waals surface area contributed by atoms with E-state index < -0.39 is 12.1 Å². The van der Waals surface area contributed by atoms with Gasteiger partial charge in [0.2, 0.25) is 0 Å². The molecular weight excluding hydrogens is 382 g/mol. The Morgan fingerprint density at radius 2 is 1.67 bits per heavy atom. The summed E-state index contributed by atoms with van der Waals surface area (Å²) in [6.45, 7) is 4.37. The summed E-state index contributed by atoms with van der Waals surface area (Å²) in [6, 6.07) is 19.0. The van der Waals surface area contributed by atoms with E-state index in [-0.39, 0.29) is 25.7 Å². The van der Waals surface area contributed by atoms with Crippen LogP contribution < -0.4 is 5.32 Å². The van der Waals surface area contributed by atoms with Crippen molar-refractivity contribution in [2.45, 2.75) is 26.4 Å². The highest BCUT2D eigenvalue weighted by atomic mass is 16.6. The second kappa shape index (κ2) is 10.2. The summed E-state index contributed by atoms with van der Waals surface area (Å²) in [5.41, 5.74) is 2.97. The number of ether oxygens (including phenoxy) is 2.